The Bertz CT molecular complexity index is 503. The molecule has 0 amide bonds. The topological polar surface area (TPSA) is 67.8 Å². The Kier molecular flexibility index (Phi) is 6.33. The average molecular weight is 395 g/mol. The summed E-state index contributed by atoms with van der Waals surface area (Å²) in [5.41, 5.74) is 3.45. The highest BCUT2D eigenvalue weighted by molar-refractivity contribution is 9.11. The van der Waals surface area contributed by atoms with Gasteiger partial charge < -0.3 is 9.84 Å². The summed E-state index contributed by atoms with van der Waals surface area (Å²) in [7, 11) is 0. The first kappa shape index (κ1) is 16.0. The van der Waals surface area contributed by atoms with E-state index in [9.17, 15) is 4.79 Å². The normalized spacial score (nSPS) is 11.3. The molecule has 1 rings (SSSR count). The lowest BCUT2D eigenvalue weighted by atomic mass is 10.2. The van der Waals surface area contributed by atoms with Crippen LogP contribution in [0.5, 0.6) is 5.75 Å². The molecule has 0 saturated heterocycles. The van der Waals surface area contributed by atoms with Crippen molar-refractivity contribution >= 4 is 37.8 Å². The molecule has 0 radical (unpaired) electrons. The van der Waals surface area contributed by atoms with Gasteiger partial charge in [-0.2, -0.15) is 0 Å². The zero-order valence-electron chi connectivity index (χ0n) is 10.4. The molecule has 0 aromatic heterocycles. The molecule has 0 unspecified atom stereocenters. The largest absolute Gasteiger partial charge is 0.478 e. The molecule has 0 atom stereocenters. The van der Waals surface area contributed by atoms with Crippen LogP contribution in [0.1, 0.15) is 24.2 Å². The van der Waals surface area contributed by atoms with Crippen molar-refractivity contribution in [2.75, 3.05) is 6.61 Å². The fourth-order valence-electron chi connectivity index (χ4n) is 1.16. The summed E-state index contributed by atoms with van der Waals surface area (Å²) in [6, 6.07) is 3.10. The summed E-state index contributed by atoms with van der Waals surface area (Å²) in [5.74, 6) is -0.644. The van der Waals surface area contributed by atoms with Gasteiger partial charge in [0.2, 0.25) is 0 Å². The highest BCUT2D eigenvalue weighted by atomic mass is 79.9. The number of ether oxygens (including phenoxy) is 1. The second-order valence-electron chi connectivity index (χ2n) is 3.50. The molecule has 0 spiro atoms. The number of hydrogen-bond donors (Lipinski definition) is 2. The monoisotopic (exact) mass is 393 g/mol. The van der Waals surface area contributed by atoms with Crippen molar-refractivity contribution in [3.05, 3.63) is 38.6 Å². The Labute approximate surface area is 127 Å². The van der Waals surface area contributed by atoms with Crippen LogP contribution in [-0.4, -0.2) is 17.7 Å². The first-order valence-corrected chi connectivity index (χ1v) is 6.98. The third kappa shape index (κ3) is 4.52. The van der Waals surface area contributed by atoms with E-state index in [-0.39, 0.29) is 5.56 Å². The summed E-state index contributed by atoms with van der Waals surface area (Å²) in [5, 5.41) is 9.03. The minimum atomic E-state index is -1.03. The van der Waals surface area contributed by atoms with Crippen molar-refractivity contribution in [3.8, 4) is 5.75 Å². The summed E-state index contributed by atoms with van der Waals surface area (Å²) in [4.78, 5) is 16.0. The zero-order chi connectivity index (χ0) is 14.4. The maximum absolute atomic E-state index is 11.0. The third-order valence-corrected chi connectivity index (χ3v) is 3.42. The molecule has 0 heterocycles. The van der Waals surface area contributed by atoms with E-state index < -0.39 is 5.97 Å². The van der Waals surface area contributed by atoms with E-state index in [0.717, 1.165) is 0 Å². The number of halogens is 2. The molecule has 0 fully saturated rings. The molecular weight excluding hydrogens is 382 g/mol. The molecule has 5 nitrogen and oxygen atoms in total. The number of hydroxylamine groups is 1. The number of rotatable bonds is 6. The molecule has 0 saturated carbocycles. The Hall–Kier alpha value is -1.05. The van der Waals surface area contributed by atoms with Crippen LogP contribution in [0.2, 0.25) is 0 Å². The quantitative estimate of drug-likeness (QED) is 0.568. The van der Waals surface area contributed by atoms with Gasteiger partial charge in [0.05, 0.1) is 26.8 Å². The van der Waals surface area contributed by atoms with Crippen molar-refractivity contribution < 1.29 is 19.5 Å². The predicted molar refractivity (Wildman–Crippen MR) is 77.9 cm³/mol. The molecule has 104 valence electrons. The molecule has 0 bridgehead atoms. The zero-order valence-corrected chi connectivity index (χ0v) is 13.5. The predicted octanol–water partition coefficient (Wildman–Crippen LogP) is 3.69. The van der Waals surface area contributed by atoms with Crippen LogP contribution in [0.25, 0.3) is 0 Å². The first-order chi connectivity index (χ1) is 8.97. The SMILES string of the molecule is CCONC(C)=COc1c(Br)ccc(C(=O)O)c1Br. The fourth-order valence-corrected chi connectivity index (χ4v) is 2.46. The average Bonchev–Trinajstić information content (AvgIpc) is 2.35. The standard InChI is InChI=1S/C12H13Br2NO4/c1-3-19-15-7(2)6-18-11-9(13)5-4-8(10(11)14)12(16)17/h4-6,15H,3H2,1-2H3,(H,16,17). The number of hydrogen-bond acceptors (Lipinski definition) is 4. The maximum atomic E-state index is 11.0. The molecule has 7 heteroatoms. The van der Waals surface area contributed by atoms with Gasteiger partial charge >= 0.3 is 5.97 Å². The summed E-state index contributed by atoms with van der Waals surface area (Å²) in [6.45, 7) is 4.14. The van der Waals surface area contributed by atoms with Crippen LogP contribution in [0, 0.1) is 0 Å². The number of aromatic carboxylic acids is 1. The fraction of sp³-hybridized carbons (Fsp3) is 0.250. The minimum absolute atomic E-state index is 0.127. The van der Waals surface area contributed by atoms with E-state index in [1.54, 1.807) is 13.0 Å². The van der Waals surface area contributed by atoms with Crippen molar-refractivity contribution in [2.24, 2.45) is 0 Å². The van der Waals surface area contributed by atoms with Crippen LogP contribution in [0.4, 0.5) is 0 Å². The van der Waals surface area contributed by atoms with Crippen LogP contribution >= 0.6 is 31.9 Å². The smallest absolute Gasteiger partial charge is 0.336 e. The highest BCUT2D eigenvalue weighted by Gasteiger charge is 2.15. The molecular formula is C12H13Br2NO4. The third-order valence-electron chi connectivity index (χ3n) is 2.01. The molecule has 19 heavy (non-hydrogen) atoms. The maximum Gasteiger partial charge on any atom is 0.336 e. The van der Waals surface area contributed by atoms with Gasteiger partial charge in [0, 0.05) is 0 Å². The Balaban J connectivity index is 2.94. The minimum Gasteiger partial charge on any atom is -0.478 e. The number of benzene rings is 1. The van der Waals surface area contributed by atoms with Crippen molar-refractivity contribution in [1.82, 2.24) is 5.48 Å². The lowest BCUT2D eigenvalue weighted by Gasteiger charge is -2.10. The molecule has 1 aromatic carbocycles. The van der Waals surface area contributed by atoms with E-state index in [0.29, 0.717) is 27.0 Å². The van der Waals surface area contributed by atoms with Gasteiger partial charge in [-0.05, 0) is 57.8 Å². The lowest BCUT2D eigenvalue weighted by molar-refractivity contribution is 0.0694. The van der Waals surface area contributed by atoms with E-state index in [1.165, 1.54) is 12.3 Å². The number of allylic oxidation sites excluding steroid dienone is 1. The Morgan fingerprint density at radius 1 is 1.47 bits per heavy atom. The van der Waals surface area contributed by atoms with Gasteiger partial charge in [-0.25, -0.2) is 4.79 Å². The number of carbonyl (C=O) groups is 1. The molecule has 1 aromatic rings. The van der Waals surface area contributed by atoms with Gasteiger partial charge in [-0.1, -0.05) is 0 Å². The van der Waals surface area contributed by atoms with Gasteiger partial charge in [-0.3, -0.25) is 10.3 Å². The van der Waals surface area contributed by atoms with Crippen molar-refractivity contribution in [3.63, 3.8) is 0 Å². The van der Waals surface area contributed by atoms with Crippen molar-refractivity contribution in [1.29, 1.82) is 0 Å². The van der Waals surface area contributed by atoms with Crippen LogP contribution in [0.15, 0.2) is 33.0 Å². The molecule has 0 aliphatic carbocycles. The Morgan fingerprint density at radius 2 is 2.16 bits per heavy atom. The first-order valence-electron chi connectivity index (χ1n) is 5.39. The highest BCUT2D eigenvalue weighted by Crippen LogP contribution is 2.36. The van der Waals surface area contributed by atoms with Crippen LogP contribution < -0.4 is 10.2 Å². The summed E-state index contributed by atoms with van der Waals surface area (Å²) >= 11 is 6.52. The number of carboxylic acids is 1. The molecule has 0 aliphatic heterocycles. The second kappa shape index (κ2) is 7.52. The summed E-state index contributed by atoms with van der Waals surface area (Å²) in [6.07, 6.45) is 1.44. The molecule has 0 aliphatic rings. The van der Waals surface area contributed by atoms with Gasteiger partial charge in [0.25, 0.3) is 0 Å². The van der Waals surface area contributed by atoms with Crippen LogP contribution in [-0.2, 0) is 4.84 Å². The van der Waals surface area contributed by atoms with E-state index in [1.807, 2.05) is 6.92 Å². The molecule has 2 N–H and O–H groups in total. The van der Waals surface area contributed by atoms with Crippen LogP contribution in [0.3, 0.4) is 0 Å². The van der Waals surface area contributed by atoms with Gasteiger partial charge in [0.1, 0.15) is 6.26 Å². The van der Waals surface area contributed by atoms with Gasteiger partial charge in [-0.15, -0.1) is 0 Å². The Morgan fingerprint density at radius 3 is 2.74 bits per heavy atom. The summed E-state index contributed by atoms with van der Waals surface area (Å²) < 4.78 is 6.47. The van der Waals surface area contributed by atoms with E-state index >= 15 is 0 Å². The number of carboxylic acid groups (broad SMARTS) is 1. The van der Waals surface area contributed by atoms with Gasteiger partial charge in [0.15, 0.2) is 5.75 Å². The van der Waals surface area contributed by atoms with E-state index in [2.05, 4.69) is 37.3 Å². The van der Waals surface area contributed by atoms with E-state index in [4.69, 9.17) is 14.7 Å². The van der Waals surface area contributed by atoms with Crippen molar-refractivity contribution in [2.45, 2.75) is 13.8 Å². The second-order valence-corrected chi connectivity index (χ2v) is 5.14. The lowest BCUT2D eigenvalue weighted by Crippen LogP contribution is -2.12. The number of nitrogens with one attached hydrogen (secondary N) is 1.